The van der Waals surface area contributed by atoms with Crippen LogP contribution in [0.1, 0.15) is 25.3 Å². The number of ether oxygens (including phenoxy) is 1. The van der Waals surface area contributed by atoms with Crippen LogP contribution in [-0.2, 0) is 11.3 Å². The maximum atomic E-state index is 11.5. The molecule has 0 fully saturated rings. The number of ketones is 1. The van der Waals surface area contributed by atoms with Crippen LogP contribution in [0.25, 0.3) is 0 Å². The number of Topliss-reactive ketones (excluding diaryl/α,β-unsaturated/α-hetero) is 1. The largest absolute Gasteiger partial charge is 0.497 e. The summed E-state index contributed by atoms with van der Waals surface area (Å²) in [5.41, 5.74) is 1.19. The number of hydrogen-bond donors (Lipinski definition) is 0. The fourth-order valence-corrected chi connectivity index (χ4v) is 1.76. The van der Waals surface area contributed by atoms with E-state index >= 15 is 0 Å². The Labute approximate surface area is 103 Å². The molecule has 0 spiro atoms. The van der Waals surface area contributed by atoms with Gasteiger partial charge in [-0.1, -0.05) is 19.1 Å². The first kappa shape index (κ1) is 13.7. The first-order valence-electron chi connectivity index (χ1n) is 5.99. The van der Waals surface area contributed by atoms with Gasteiger partial charge < -0.3 is 4.74 Å². The summed E-state index contributed by atoms with van der Waals surface area (Å²) in [4.78, 5) is 13.5. The molecule has 0 aliphatic carbocycles. The molecule has 1 rings (SSSR count). The number of nitrogens with zero attached hydrogens (tertiary/aromatic N) is 1. The van der Waals surface area contributed by atoms with Gasteiger partial charge in [0, 0.05) is 13.0 Å². The standard InChI is InChI=1S/C14H21NO2/c1-4-5-13(16)11-15(2)10-12-6-8-14(17-3)9-7-12/h6-9H,4-5,10-11H2,1-3H3. The van der Waals surface area contributed by atoms with Gasteiger partial charge >= 0.3 is 0 Å². The van der Waals surface area contributed by atoms with Crippen molar-refractivity contribution in [1.82, 2.24) is 4.90 Å². The molecule has 3 nitrogen and oxygen atoms in total. The maximum Gasteiger partial charge on any atom is 0.146 e. The minimum Gasteiger partial charge on any atom is -0.497 e. The number of hydrogen-bond acceptors (Lipinski definition) is 3. The Morgan fingerprint density at radius 3 is 2.47 bits per heavy atom. The molecule has 0 atom stereocenters. The van der Waals surface area contributed by atoms with Crippen LogP contribution < -0.4 is 4.74 Å². The van der Waals surface area contributed by atoms with Gasteiger partial charge in [0.05, 0.1) is 13.7 Å². The zero-order valence-corrected chi connectivity index (χ0v) is 10.9. The Balaban J connectivity index is 2.44. The summed E-state index contributed by atoms with van der Waals surface area (Å²) in [6, 6.07) is 7.94. The molecule has 1 aromatic rings. The quantitative estimate of drug-likeness (QED) is 0.727. The van der Waals surface area contributed by atoms with Crippen LogP contribution in [0.3, 0.4) is 0 Å². The zero-order chi connectivity index (χ0) is 12.7. The fraction of sp³-hybridized carbons (Fsp3) is 0.500. The summed E-state index contributed by atoms with van der Waals surface area (Å²) in [5, 5.41) is 0. The second kappa shape index (κ2) is 7.07. The molecule has 0 radical (unpaired) electrons. The predicted molar refractivity (Wildman–Crippen MR) is 69.2 cm³/mol. The van der Waals surface area contributed by atoms with Gasteiger partial charge in [0.2, 0.25) is 0 Å². The van der Waals surface area contributed by atoms with E-state index in [-0.39, 0.29) is 0 Å². The van der Waals surface area contributed by atoms with E-state index in [1.807, 2.05) is 43.1 Å². The van der Waals surface area contributed by atoms with Crippen LogP contribution >= 0.6 is 0 Å². The van der Waals surface area contributed by atoms with Crippen molar-refractivity contribution in [3.05, 3.63) is 29.8 Å². The van der Waals surface area contributed by atoms with Crippen LogP contribution in [0.15, 0.2) is 24.3 Å². The van der Waals surface area contributed by atoms with E-state index in [2.05, 4.69) is 0 Å². The smallest absolute Gasteiger partial charge is 0.146 e. The molecular weight excluding hydrogens is 214 g/mol. The summed E-state index contributed by atoms with van der Waals surface area (Å²) in [7, 11) is 3.63. The van der Waals surface area contributed by atoms with Gasteiger partial charge in [0.15, 0.2) is 0 Å². The van der Waals surface area contributed by atoms with Gasteiger partial charge in [-0.2, -0.15) is 0 Å². The molecule has 0 bridgehead atoms. The molecule has 3 heteroatoms. The highest BCUT2D eigenvalue weighted by Gasteiger charge is 2.06. The zero-order valence-electron chi connectivity index (χ0n) is 10.9. The van der Waals surface area contributed by atoms with E-state index in [9.17, 15) is 4.79 Å². The molecule has 0 aliphatic rings. The number of methoxy groups -OCH3 is 1. The third-order valence-electron chi connectivity index (χ3n) is 2.59. The van der Waals surface area contributed by atoms with Crippen molar-refractivity contribution in [2.24, 2.45) is 0 Å². The Hall–Kier alpha value is -1.35. The average Bonchev–Trinajstić information content (AvgIpc) is 2.30. The second-order valence-corrected chi connectivity index (χ2v) is 4.31. The molecule has 0 heterocycles. The molecule has 0 N–H and O–H groups in total. The van der Waals surface area contributed by atoms with Crippen molar-refractivity contribution < 1.29 is 9.53 Å². The van der Waals surface area contributed by atoms with Gasteiger partial charge in [0.25, 0.3) is 0 Å². The molecular formula is C14H21NO2. The monoisotopic (exact) mass is 235 g/mol. The lowest BCUT2D eigenvalue weighted by Gasteiger charge is -2.15. The van der Waals surface area contributed by atoms with Crippen molar-refractivity contribution in [3.63, 3.8) is 0 Å². The molecule has 0 saturated carbocycles. The Morgan fingerprint density at radius 1 is 1.29 bits per heavy atom. The molecule has 0 amide bonds. The summed E-state index contributed by atoms with van der Waals surface area (Å²) in [6.07, 6.45) is 1.60. The van der Waals surface area contributed by atoms with E-state index in [1.165, 1.54) is 5.56 Å². The van der Waals surface area contributed by atoms with Crippen LogP contribution in [0.5, 0.6) is 5.75 Å². The van der Waals surface area contributed by atoms with Crippen LogP contribution in [0.4, 0.5) is 0 Å². The Morgan fingerprint density at radius 2 is 1.94 bits per heavy atom. The maximum absolute atomic E-state index is 11.5. The fourth-order valence-electron chi connectivity index (χ4n) is 1.76. The van der Waals surface area contributed by atoms with E-state index in [0.717, 1.165) is 18.7 Å². The molecule has 0 saturated heterocycles. The van der Waals surface area contributed by atoms with Gasteiger partial charge in [-0.25, -0.2) is 0 Å². The van der Waals surface area contributed by atoms with E-state index < -0.39 is 0 Å². The molecule has 0 unspecified atom stereocenters. The van der Waals surface area contributed by atoms with E-state index in [4.69, 9.17) is 4.74 Å². The SMILES string of the molecule is CCCC(=O)CN(C)Cc1ccc(OC)cc1. The summed E-state index contributed by atoms with van der Waals surface area (Å²) in [5.74, 6) is 1.17. The molecule has 0 aromatic heterocycles. The predicted octanol–water partition coefficient (Wildman–Crippen LogP) is 2.50. The lowest BCUT2D eigenvalue weighted by Crippen LogP contribution is -2.25. The lowest BCUT2D eigenvalue weighted by molar-refractivity contribution is -0.120. The number of likely N-dealkylation sites (N-methyl/N-ethyl adjacent to an activating group) is 1. The Kier molecular flexibility index (Phi) is 5.70. The van der Waals surface area contributed by atoms with Gasteiger partial charge in [-0.05, 0) is 31.2 Å². The number of carbonyl (C=O) groups excluding carboxylic acids is 1. The van der Waals surface area contributed by atoms with E-state index in [1.54, 1.807) is 7.11 Å². The van der Waals surface area contributed by atoms with Gasteiger partial charge in [0.1, 0.15) is 11.5 Å². The van der Waals surface area contributed by atoms with Crippen molar-refractivity contribution in [2.75, 3.05) is 20.7 Å². The van der Waals surface area contributed by atoms with Crippen molar-refractivity contribution in [1.29, 1.82) is 0 Å². The highest BCUT2D eigenvalue weighted by molar-refractivity contribution is 5.80. The molecule has 94 valence electrons. The van der Waals surface area contributed by atoms with Crippen molar-refractivity contribution in [2.45, 2.75) is 26.3 Å². The second-order valence-electron chi connectivity index (χ2n) is 4.31. The van der Waals surface area contributed by atoms with Crippen LogP contribution in [-0.4, -0.2) is 31.4 Å². The Bertz CT molecular complexity index is 346. The van der Waals surface area contributed by atoms with Gasteiger partial charge in [-0.15, -0.1) is 0 Å². The highest BCUT2D eigenvalue weighted by atomic mass is 16.5. The average molecular weight is 235 g/mol. The van der Waals surface area contributed by atoms with Crippen molar-refractivity contribution >= 4 is 5.78 Å². The number of rotatable bonds is 7. The molecule has 17 heavy (non-hydrogen) atoms. The third-order valence-corrected chi connectivity index (χ3v) is 2.59. The number of benzene rings is 1. The summed E-state index contributed by atoms with van der Waals surface area (Å²) in [6.45, 7) is 3.35. The molecule has 1 aromatic carbocycles. The summed E-state index contributed by atoms with van der Waals surface area (Å²) >= 11 is 0. The minimum atomic E-state index is 0.309. The molecule has 0 aliphatic heterocycles. The number of carbonyl (C=O) groups is 1. The first-order valence-corrected chi connectivity index (χ1v) is 5.99. The minimum absolute atomic E-state index is 0.309. The highest BCUT2D eigenvalue weighted by Crippen LogP contribution is 2.12. The normalized spacial score (nSPS) is 10.6. The third kappa shape index (κ3) is 5.00. The van der Waals surface area contributed by atoms with Gasteiger partial charge in [-0.3, -0.25) is 9.69 Å². The van der Waals surface area contributed by atoms with Crippen molar-refractivity contribution in [3.8, 4) is 5.75 Å². The van der Waals surface area contributed by atoms with Crippen LogP contribution in [0, 0.1) is 0 Å². The van der Waals surface area contributed by atoms with E-state index in [0.29, 0.717) is 18.7 Å². The lowest BCUT2D eigenvalue weighted by atomic mass is 10.2. The van der Waals surface area contributed by atoms with Crippen LogP contribution in [0.2, 0.25) is 0 Å². The summed E-state index contributed by atoms with van der Waals surface area (Å²) < 4.78 is 5.10. The first-order chi connectivity index (χ1) is 8.15. The topological polar surface area (TPSA) is 29.5 Å².